The third-order valence-electron chi connectivity index (χ3n) is 3.88. The Kier molecular flexibility index (Phi) is 5.33. The fourth-order valence-electron chi connectivity index (χ4n) is 2.93. The van der Waals surface area contributed by atoms with Gasteiger partial charge in [-0.2, -0.15) is 0 Å². The van der Waals surface area contributed by atoms with Crippen LogP contribution >= 0.6 is 0 Å². The smallest absolute Gasteiger partial charge is 0.128 e. The van der Waals surface area contributed by atoms with Crippen LogP contribution in [0.15, 0.2) is 36.7 Å². The molecule has 0 unspecified atom stereocenters. The van der Waals surface area contributed by atoms with Crippen LogP contribution in [-0.2, 0) is 6.54 Å². The minimum absolute atomic E-state index is 0.184. The number of hydrogen-bond acceptors (Lipinski definition) is 1. The van der Waals surface area contributed by atoms with E-state index < -0.39 is 0 Å². The molecule has 1 aromatic heterocycles. The van der Waals surface area contributed by atoms with E-state index in [2.05, 4.69) is 82.8 Å². The highest BCUT2D eigenvalue weighted by molar-refractivity contribution is 5.49. The summed E-state index contributed by atoms with van der Waals surface area (Å²) in [6, 6.07) is 8.65. The molecular formula is C20H29NO. The highest BCUT2D eigenvalue weighted by Gasteiger charge is 2.20. The fraction of sp³-hybridized carbons (Fsp3) is 0.500. The second kappa shape index (κ2) is 7.04. The summed E-state index contributed by atoms with van der Waals surface area (Å²) in [5.41, 5.74) is 4.04. The van der Waals surface area contributed by atoms with Gasteiger partial charge in [-0.1, -0.05) is 39.8 Å². The van der Waals surface area contributed by atoms with E-state index in [-0.39, 0.29) is 6.10 Å². The molecule has 2 nitrogen and oxygen atoms in total. The van der Waals surface area contributed by atoms with Gasteiger partial charge in [-0.05, 0) is 43.4 Å². The lowest BCUT2D eigenvalue weighted by Crippen LogP contribution is -2.13. The molecule has 1 aromatic carbocycles. The molecule has 2 rings (SSSR count). The molecule has 0 N–H and O–H groups in total. The predicted octanol–water partition coefficient (Wildman–Crippen LogP) is 5.57. The molecule has 0 atom stereocenters. The average molecular weight is 299 g/mol. The van der Waals surface area contributed by atoms with E-state index in [0.717, 1.165) is 12.3 Å². The van der Waals surface area contributed by atoms with Crippen molar-refractivity contribution in [1.29, 1.82) is 0 Å². The maximum atomic E-state index is 6.26. The van der Waals surface area contributed by atoms with Gasteiger partial charge in [0, 0.05) is 23.5 Å². The van der Waals surface area contributed by atoms with Crippen LogP contribution in [0.3, 0.4) is 0 Å². The first-order chi connectivity index (χ1) is 10.4. The molecule has 2 heteroatoms. The molecule has 0 aliphatic carbocycles. The second-order valence-corrected chi connectivity index (χ2v) is 6.89. The molecule has 1 heterocycles. The van der Waals surface area contributed by atoms with Gasteiger partial charge in [-0.25, -0.2) is 0 Å². The summed E-state index contributed by atoms with van der Waals surface area (Å²) in [5.74, 6) is 2.05. The van der Waals surface area contributed by atoms with Gasteiger partial charge in [0.2, 0.25) is 0 Å². The number of aromatic nitrogens is 1. The fourth-order valence-corrected chi connectivity index (χ4v) is 2.93. The Morgan fingerprint density at radius 1 is 0.909 bits per heavy atom. The van der Waals surface area contributed by atoms with Crippen molar-refractivity contribution in [3.63, 3.8) is 0 Å². The highest BCUT2D eigenvalue weighted by Crippen LogP contribution is 2.37. The van der Waals surface area contributed by atoms with Gasteiger partial charge in [0.25, 0.3) is 0 Å². The van der Waals surface area contributed by atoms with E-state index in [1.54, 1.807) is 0 Å². The summed E-state index contributed by atoms with van der Waals surface area (Å²) >= 11 is 0. The maximum Gasteiger partial charge on any atom is 0.128 e. The van der Waals surface area contributed by atoms with Crippen LogP contribution in [0.5, 0.6) is 5.75 Å². The van der Waals surface area contributed by atoms with Gasteiger partial charge in [-0.3, -0.25) is 0 Å². The van der Waals surface area contributed by atoms with Gasteiger partial charge in [0.05, 0.1) is 12.6 Å². The van der Waals surface area contributed by atoms with E-state index in [4.69, 9.17) is 4.74 Å². The Morgan fingerprint density at radius 2 is 1.55 bits per heavy atom. The monoisotopic (exact) mass is 299 g/mol. The van der Waals surface area contributed by atoms with Crippen molar-refractivity contribution in [3.05, 3.63) is 53.3 Å². The SMILES string of the molecule is CC(C)Oc1c(Cn2cccc2)ccc(C(C)C)c1C(C)C. The molecule has 120 valence electrons. The Balaban J connectivity index is 2.54. The van der Waals surface area contributed by atoms with Gasteiger partial charge in [0.1, 0.15) is 5.75 Å². The number of hydrogen-bond donors (Lipinski definition) is 0. The molecule has 0 radical (unpaired) electrons. The van der Waals surface area contributed by atoms with Crippen LogP contribution in [0, 0.1) is 0 Å². The first-order valence-electron chi connectivity index (χ1n) is 8.33. The zero-order chi connectivity index (χ0) is 16.3. The Bertz CT molecular complexity index is 594. The van der Waals surface area contributed by atoms with Gasteiger partial charge >= 0.3 is 0 Å². The molecule has 0 fully saturated rings. The van der Waals surface area contributed by atoms with Crippen LogP contribution in [0.4, 0.5) is 0 Å². The quantitative estimate of drug-likeness (QED) is 0.680. The summed E-state index contributed by atoms with van der Waals surface area (Å²) in [5, 5.41) is 0. The summed E-state index contributed by atoms with van der Waals surface area (Å²) < 4.78 is 8.46. The predicted molar refractivity (Wildman–Crippen MR) is 93.9 cm³/mol. The molecule has 0 aliphatic rings. The Hall–Kier alpha value is -1.70. The number of ether oxygens (including phenoxy) is 1. The standard InChI is InChI=1S/C20H29NO/c1-14(2)18-10-9-17(13-21-11-7-8-12-21)20(22-16(5)6)19(18)15(3)4/h7-12,14-16H,13H2,1-6H3. The van der Waals surface area contributed by atoms with Crippen molar-refractivity contribution in [2.75, 3.05) is 0 Å². The van der Waals surface area contributed by atoms with Crippen molar-refractivity contribution in [3.8, 4) is 5.75 Å². The van der Waals surface area contributed by atoms with Crippen LogP contribution in [0.1, 0.15) is 70.1 Å². The van der Waals surface area contributed by atoms with Crippen LogP contribution < -0.4 is 4.74 Å². The van der Waals surface area contributed by atoms with Gasteiger partial charge < -0.3 is 9.30 Å². The lowest BCUT2D eigenvalue weighted by Gasteiger charge is -2.25. The third kappa shape index (κ3) is 3.73. The molecule has 22 heavy (non-hydrogen) atoms. The zero-order valence-corrected chi connectivity index (χ0v) is 14.8. The summed E-state index contributed by atoms with van der Waals surface area (Å²) in [7, 11) is 0. The van der Waals surface area contributed by atoms with Crippen molar-refractivity contribution >= 4 is 0 Å². The lowest BCUT2D eigenvalue weighted by molar-refractivity contribution is 0.236. The number of rotatable bonds is 6. The maximum absolute atomic E-state index is 6.26. The van der Waals surface area contributed by atoms with E-state index in [0.29, 0.717) is 11.8 Å². The Morgan fingerprint density at radius 3 is 2.05 bits per heavy atom. The van der Waals surface area contributed by atoms with Gasteiger partial charge in [0.15, 0.2) is 0 Å². The largest absolute Gasteiger partial charge is 0.490 e. The van der Waals surface area contributed by atoms with E-state index in [9.17, 15) is 0 Å². The highest BCUT2D eigenvalue weighted by atomic mass is 16.5. The molecule has 0 saturated heterocycles. The third-order valence-corrected chi connectivity index (χ3v) is 3.88. The van der Waals surface area contributed by atoms with Crippen molar-refractivity contribution in [2.24, 2.45) is 0 Å². The minimum atomic E-state index is 0.184. The lowest BCUT2D eigenvalue weighted by atomic mass is 9.88. The van der Waals surface area contributed by atoms with Crippen molar-refractivity contribution in [1.82, 2.24) is 4.57 Å². The molecule has 0 bridgehead atoms. The topological polar surface area (TPSA) is 14.2 Å². The summed E-state index contributed by atoms with van der Waals surface area (Å²) in [4.78, 5) is 0. The van der Waals surface area contributed by atoms with E-state index in [1.165, 1.54) is 16.7 Å². The van der Waals surface area contributed by atoms with Crippen LogP contribution in [0.25, 0.3) is 0 Å². The van der Waals surface area contributed by atoms with Crippen molar-refractivity contribution < 1.29 is 4.74 Å². The molecular weight excluding hydrogens is 270 g/mol. The van der Waals surface area contributed by atoms with Gasteiger partial charge in [-0.15, -0.1) is 0 Å². The van der Waals surface area contributed by atoms with Crippen LogP contribution in [-0.4, -0.2) is 10.7 Å². The minimum Gasteiger partial charge on any atom is -0.490 e. The second-order valence-electron chi connectivity index (χ2n) is 6.89. The average Bonchev–Trinajstić information content (AvgIpc) is 2.92. The molecule has 0 amide bonds. The normalized spacial score (nSPS) is 11.7. The van der Waals surface area contributed by atoms with Crippen LogP contribution in [0.2, 0.25) is 0 Å². The molecule has 0 saturated carbocycles. The number of benzene rings is 1. The van der Waals surface area contributed by atoms with E-state index >= 15 is 0 Å². The number of nitrogens with zero attached hydrogens (tertiary/aromatic N) is 1. The Labute approximate surface area is 135 Å². The zero-order valence-electron chi connectivity index (χ0n) is 14.8. The van der Waals surface area contributed by atoms with Crippen molar-refractivity contribution in [2.45, 2.75) is 66.0 Å². The summed E-state index contributed by atoms with van der Waals surface area (Å²) in [6.45, 7) is 14.1. The molecule has 0 spiro atoms. The molecule has 0 aliphatic heterocycles. The first kappa shape index (κ1) is 16.7. The summed E-state index contributed by atoms with van der Waals surface area (Å²) in [6.07, 6.45) is 4.39. The van der Waals surface area contributed by atoms with E-state index in [1.807, 2.05) is 0 Å². The first-order valence-corrected chi connectivity index (χ1v) is 8.33. The molecule has 2 aromatic rings.